The molecular formula is C11H14F2OSe. The first-order chi connectivity index (χ1) is 7.14. The van der Waals surface area contributed by atoms with E-state index in [0.29, 0.717) is 10.9 Å². The minimum atomic E-state index is -2.98. The molecule has 0 amide bonds. The van der Waals surface area contributed by atoms with E-state index in [1.807, 2.05) is 13.0 Å². The van der Waals surface area contributed by atoms with Crippen molar-refractivity contribution in [1.82, 2.24) is 0 Å². The zero-order valence-corrected chi connectivity index (χ0v) is 10.3. The van der Waals surface area contributed by atoms with Gasteiger partial charge in [-0.05, 0) is 0 Å². The van der Waals surface area contributed by atoms with Gasteiger partial charge in [-0.3, -0.25) is 0 Å². The average molecular weight is 279 g/mol. The zero-order valence-electron chi connectivity index (χ0n) is 8.58. The van der Waals surface area contributed by atoms with E-state index in [-0.39, 0.29) is 6.61 Å². The van der Waals surface area contributed by atoms with Crippen molar-refractivity contribution < 1.29 is 13.5 Å². The SMILES string of the molecule is CCCCOC(F)(F)[Se]c1ccccc1. The number of alkyl halides is 2. The van der Waals surface area contributed by atoms with Crippen molar-refractivity contribution in [2.45, 2.75) is 24.8 Å². The van der Waals surface area contributed by atoms with Gasteiger partial charge in [0.2, 0.25) is 0 Å². The van der Waals surface area contributed by atoms with Crippen LogP contribution in [0, 0.1) is 0 Å². The van der Waals surface area contributed by atoms with Gasteiger partial charge >= 0.3 is 94.6 Å². The Hall–Kier alpha value is -0.441. The number of ether oxygens (including phenoxy) is 1. The molecule has 1 rings (SSSR count). The molecule has 1 aromatic carbocycles. The van der Waals surface area contributed by atoms with E-state index in [1.165, 1.54) is 0 Å². The topological polar surface area (TPSA) is 9.23 Å². The summed E-state index contributed by atoms with van der Waals surface area (Å²) < 4.78 is 31.7. The van der Waals surface area contributed by atoms with Crippen LogP contribution in [0.25, 0.3) is 0 Å². The average Bonchev–Trinajstić information content (AvgIpc) is 2.18. The molecule has 0 heterocycles. The van der Waals surface area contributed by atoms with Gasteiger partial charge in [-0.15, -0.1) is 0 Å². The summed E-state index contributed by atoms with van der Waals surface area (Å²) in [6.45, 7) is 2.09. The molecule has 4 heteroatoms. The molecule has 1 nitrogen and oxygen atoms in total. The van der Waals surface area contributed by atoms with Crippen LogP contribution in [0.4, 0.5) is 8.78 Å². The molecule has 0 saturated heterocycles. The van der Waals surface area contributed by atoms with E-state index >= 15 is 0 Å². The maximum atomic E-state index is 13.2. The van der Waals surface area contributed by atoms with Gasteiger partial charge in [0.05, 0.1) is 0 Å². The molecule has 0 radical (unpaired) electrons. The number of hydrogen-bond acceptors (Lipinski definition) is 1. The summed E-state index contributed by atoms with van der Waals surface area (Å²) in [5, 5.41) is -2.98. The van der Waals surface area contributed by atoms with E-state index in [2.05, 4.69) is 4.74 Å². The van der Waals surface area contributed by atoms with Crippen molar-refractivity contribution in [3.05, 3.63) is 30.3 Å². The molecule has 0 spiro atoms. The monoisotopic (exact) mass is 280 g/mol. The number of unbranched alkanes of at least 4 members (excludes halogenated alkanes) is 1. The Morgan fingerprint density at radius 2 is 1.93 bits per heavy atom. The van der Waals surface area contributed by atoms with Crippen LogP contribution in [0.15, 0.2) is 30.3 Å². The fraction of sp³-hybridized carbons (Fsp3) is 0.455. The first kappa shape index (κ1) is 12.6. The van der Waals surface area contributed by atoms with E-state index in [9.17, 15) is 8.78 Å². The summed E-state index contributed by atoms with van der Waals surface area (Å²) >= 11 is -0.942. The molecule has 0 aliphatic heterocycles. The van der Waals surface area contributed by atoms with Gasteiger partial charge < -0.3 is 0 Å². The molecule has 0 aliphatic carbocycles. The second-order valence-electron chi connectivity index (χ2n) is 3.08. The fourth-order valence-electron chi connectivity index (χ4n) is 0.991. The van der Waals surface area contributed by atoms with Gasteiger partial charge in [0.15, 0.2) is 0 Å². The Kier molecular flexibility index (Phi) is 5.23. The second kappa shape index (κ2) is 6.21. The molecule has 0 aliphatic rings. The number of hydrogen-bond donors (Lipinski definition) is 0. The molecular weight excluding hydrogens is 265 g/mol. The predicted octanol–water partition coefficient (Wildman–Crippen LogP) is 2.38. The standard InChI is InChI=1S/C11H14F2OSe/c1-2-3-9-14-11(12,13)15-10-7-5-4-6-8-10/h4-8H,2-3,9H2,1H3. The summed E-state index contributed by atoms with van der Waals surface area (Å²) in [5.74, 6) is 0. The Labute approximate surface area is 95.0 Å². The first-order valence-electron chi connectivity index (χ1n) is 4.90. The molecule has 0 aromatic heterocycles. The van der Waals surface area contributed by atoms with Crippen molar-refractivity contribution in [3.8, 4) is 0 Å². The quantitative estimate of drug-likeness (QED) is 0.574. The van der Waals surface area contributed by atoms with E-state index < -0.39 is 20.0 Å². The summed E-state index contributed by atoms with van der Waals surface area (Å²) in [4.78, 5) is 0. The number of halogens is 2. The molecule has 0 fully saturated rings. The normalized spacial score (nSPS) is 11.7. The van der Waals surface area contributed by atoms with Crippen LogP contribution in [0.2, 0.25) is 0 Å². The van der Waals surface area contributed by atoms with Crippen LogP contribution in [0.5, 0.6) is 0 Å². The van der Waals surface area contributed by atoms with Gasteiger partial charge in [-0.2, -0.15) is 0 Å². The molecule has 0 atom stereocenters. The molecule has 1 aromatic rings. The van der Waals surface area contributed by atoms with Crippen LogP contribution >= 0.6 is 0 Å². The minimum absolute atomic E-state index is 0.137. The molecule has 0 unspecified atom stereocenters. The van der Waals surface area contributed by atoms with E-state index in [4.69, 9.17) is 0 Å². The fourth-order valence-corrected chi connectivity index (χ4v) is 2.48. The third-order valence-electron chi connectivity index (χ3n) is 1.75. The van der Waals surface area contributed by atoms with E-state index in [0.717, 1.165) is 6.42 Å². The maximum absolute atomic E-state index is 13.2. The summed E-state index contributed by atoms with van der Waals surface area (Å²) in [6, 6.07) is 8.75. The molecule has 0 N–H and O–H groups in total. The molecule has 0 saturated carbocycles. The Morgan fingerprint density at radius 3 is 2.53 bits per heavy atom. The number of benzene rings is 1. The summed E-state index contributed by atoms with van der Waals surface area (Å²) in [5.41, 5.74) is 0. The van der Waals surface area contributed by atoms with Gasteiger partial charge in [0, 0.05) is 0 Å². The van der Waals surface area contributed by atoms with Crippen LogP contribution < -0.4 is 4.46 Å². The molecule has 15 heavy (non-hydrogen) atoms. The third-order valence-corrected chi connectivity index (χ3v) is 3.56. The van der Waals surface area contributed by atoms with Crippen molar-refractivity contribution in [2.24, 2.45) is 0 Å². The second-order valence-corrected chi connectivity index (χ2v) is 5.49. The van der Waals surface area contributed by atoms with Crippen LogP contribution in [0.3, 0.4) is 0 Å². The van der Waals surface area contributed by atoms with Crippen LogP contribution in [-0.4, -0.2) is 26.6 Å². The third kappa shape index (κ3) is 5.26. The van der Waals surface area contributed by atoms with Gasteiger partial charge in [-0.1, -0.05) is 0 Å². The van der Waals surface area contributed by atoms with Crippen LogP contribution in [-0.2, 0) is 4.74 Å². The van der Waals surface area contributed by atoms with Crippen molar-refractivity contribution in [3.63, 3.8) is 0 Å². The zero-order chi connectivity index (χ0) is 11.1. The predicted molar refractivity (Wildman–Crippen MR) is 57.6 cm³/mol. The molecule has 0 bridgehead atoms. The Bertz CT molecular complexity index is 277. The number of rotatable bonds is 6. The van der Waals surface area contributed by atoms with E-state index in [1.54, 1.807) is 24.3 Å². The van der Waals surface area contributed by atoms with Gasteiger partial charge in [-0.25, -0.2) is 0 Å². The van der Waals surface area contributed by atoms with Gasteiger partial charge in [0.1, 0.15) is 0 Å². The van der Waals surface area contributed by atoms with Crippen molar-refractivity contribution >= 4 is 19.4 Å². The van der Waals surface area contributed by atoms with Gasteiger partial charge in [0.25, 0.3) is 0 Å². The molecule has 84 valence electrons. The Balaban J connectivity index is 2.42. The van der Waals surface area contributed by atoms with Crippen LogP contribution in [0.1, 0.15) is 19.8 Å². The van der Waals surface area contributed by atoms with Crippen molar-refractivity contribution in [1.29, 1.82) is 0 Å². The first-order valence-corrected chi connectivity index (χ1v) is 6.61. The Morgan fingerprint density at radius 1 is 1.27 bits per heavy atom. The summed E-state index contributed by atoms with van der Waals surface area (Å²) in [6.07, 6.45) is 1.55. The summed E-state index contributed by atoms with van der Waals surface area (Å²) in [7, 11) is 0. The van der Waals surface area contributed by atoms with Crippen molar-refractivity contribution in [2.75, 3.05) is 6.61 Å².